The van der Waals surface area contributed by atoms with Crippen LogP contribution < -0.4 is 0 Å². The molecular formula is C9H13NO3. The molecule has 1 aromatic heterocycles. The van der Waals surface area contributed by atoms with Crippen LogP contribution >= 0.6 is 0 Å². The van der Waals surface area contributed by atoms with Crippen molar-refractivity contribution in [2.75, 3.05) is 20.8 Å². The van der Waals surface area contributed by atoms with Crippen LogP contribution in [0, 0.1) is 0 Å². The zero-order chi connectivity index (χ0) is 9.73. The summed E-state index contributed by atoms with van der Waals surface area (Å²) in [7, 11) is 2.96. The number of hydrogen-bond donors (Lipinski definition) is 1. The minimum atomic E-state index is -1.09. The molecular weight excluding hydrogens is 170 g/mol. The normalized spacial score (nSPS) is 11.6. The monoisotopic (exact) mass is 183 g/mol. The molecule has 1 heterocycles. The van der Waals surface area contributed by atoms with Gasteiger partial charge in [0.1, 0.15) is 6.61 Å². The molecule has 4 nitrogen and oxygen atoms in total. The number of hydrogen-bond acceptors (Lipinski definition) is 4. The SMILES string of the molecule is COC(CO)(OC)c1cccnc1. The number of aliphatic hydroxyl groups is 1. The molecule has 0 saturated carbocycles. The van der Waals surface area contributed by atoms with Gasteiger partial charge in [-0.2, -0.15) is 0 Å². The minimum Gasteiger partial charge on any atom is -0.390 e. The molecule has 1 aromatic rings. The third-order valence-electron chi connectivity index (χ3n) is 1.97. The first-order chi connectivity index (χ1) is 6.29. The molecule has 0 spiro atoms. The van der Waals surface area contributed by atoms with Crippen LogP contribution in [0.2, 0.25) is 0 Å². The zero-order valence-electron chi connectivity index (χ0n) is 7.73. The van der Waals surface area contributed by atoms with Crippen LogP contribution in [0.4, 0.5) is 0 Å². The average molecular weight is 183 g/mol. The highest BCUT2D eigenvalue weighted by Gasteiger charge is 2.31. The second kappa shape index (κ2) is 4.32. The van der Waals surface area contributed by atoms with Gasteiger partial charge in [-0.3, -0.25) is 4.98 Å². The van der Waals surface area contributed by atoms with E-state index in [0.717, 1.165) is 0 Å². The smallest absolute Gasteiger partial charge is 0.219 e. The summed E-state index contributed by atoms with van der Waals surface area (Å²) < 4.78 is 10.2. The molecule has 1 rings (SSSR count). The van der Waals surface area contributed by atoms with E-state index in [1.807, 2.05) is 0 Å². The molecule has 0 fully saturated rings. The molecule has 0 radical (unpaired) electrons. The fourth-order valence-corrected chi connectivity index (χ4v) is 1.13. The summed E-state index contributed by atoms with van der Waals surface area (Å²) in [6.07, 6.45) is 3.25. The van der Waals surface area contributed by atoms with E-state index in [2.05, 4.69) is 4.98 Å². The highest BCUT2D eigenvalue weighted by molar-refractivity contribution is 5.15. The summed E-state index contributed by atoms with van der Waals surface area (Å²) in [5.41, 5.74) is 0.697. The molecule has 0 aliphatic rings. The van der Waals surface area contributed by atoms with Crippen LogP contribution in [0.5, 0.6) is 0 Å². The maximum Gasteiger partial charge on any atom is 0.219 e. The van der Waals surface area contributed by atoms with Gasteiger partial charge in [0.15, 0.2) is 0 Å². The predicted molar refractivity (Wildman–Crippen MR) is 47.0 cm³/mol. The Kier molecular flexibility index (Phi) is 3.36. The number of pyridine rings is 1. The van der Waals surface area contributed by atoms with Crippen LogP contribution in [0.25, 0.3) is 0 Å². The van der Waals surface area contributed by atoms with Gasteiger partial charge >= 0.3 is 0 Å². The van der Waals surface area contributed by atoms with Crippen molar-refractivity contribution in [3.63, 3.8) is 0 Å². The summed E-state index contributed by atoms with van der Waals surface area (Å²) in [6, 6.07) is 3.55. The molecule has 0 aliphatic heterocycles. The van der Waals surface area contributed by atoms with E-state index in [0.29, 0.717) is 5.56 Å². The molecule has 1 N–H and O–H groups in total. The van der Waals surface area contributed by atoms with Gasteiger partial charge in [-0.05, 0) is 6.07 Å². The van der Waals surface area contributed by atoms with Crippen molar-refractivity contribution in [2.24, 2.45) is 0 Å². The van der Waals surface area contributed by atoms with Gasteiger partial charge in [0, 0.05) is 32.2 Å². The van der Waals surface area contributed by atoms with Crippen molar-refractivity contribution < 1.29 is 14.6 Å². The first-order valence-electron chi connectivity index (χ1n) is 3.90. The van der Waals surface area contributed by atoms with Crippen LogP contribution in [0.1, 0.15) is 5.56 Å². The van der Waals surface area contributed by atoms with Crippen molar-refractivity contribution >= 4 is 0 Å². The summed E-state index contributed by atoms with van der Waals surface area (Å²) in [6.45, 7) is -0.244. The number of ether oxygens (including phenoxy) is 2. The van der Waals surface area contributed by atoms with Crippen LogP contribution in [-0.2, 0) is 15.3 Å². The Labute approximate surface area is 77.1 Å². The van der Waals surface area contributed by atoms with E-state index < -0.39 is 5.79 Å². The lowest BCUT2D eigenvalue weighted by molar-refractivity contribution is -0.236. The first kappa shape index (κ1) is 10.1. The first-order valence-corrected chi connectivity index (χ1v) is 3.90. The molecule has 0 unspecified atom stereocenters. The quantitative estimate of drug-likeness (QED) is 0.691. The summed E-state index contributed by atoms with van der Waals surface area (Å²) in [5.74, 6) is -1.09. The lowest BCUT2D eigenvalue weighted by Crippen LogP contribution is -2.34. The van der Waals surface area contributed by atoms with Gasteiger partial charge < -0.3 is 14.6 Å². The number of aromatic nitrogens is 1. The Bertz CT molecular complexity index is 238. The van der Waals surface area contributed by atoms with Crippen molar-refractivity contribution in [3.8, 4) is 0 Å². The van der Waals surface area contributed by atoms with E-state index >= 15 is 0 Å². The summed E-state index contributed by atoms with van der Waals surface area (Å²) in [4.78, 5) is 3.92. The molecule has 0 aromatic carbocycles. The molecule has 72 valence electrons. The highest BCUT2D eigenvalue weighted by atomic mass is 16.7. The lowest BCUT2D eigenvalue weighted by Gasteiger charge is -2.28. The number of aliphatic hydroxyl groups excluding tert-OH is 1. The molecule has 0 aliphatic carbocycles. The second-order valence-corrected chi connectivity index (χ2v) is 2.56. The molecule has 13 heavy (non-hydrogen) atoms. The number of rotatable bonds is 4. The third-order valence-corrected chi connectivity index (χ3v) is 1.97. The van der Waals surface area contributed by atoms with Crippen LogP contribution in [-0.4, -0.2) is 30.9 Å². The topological polar surface area (TPSA) is 51.6 Å². The van der Waals surface area contributed by atoms with Gasteiger partial charge in [-0.25, -0.2) is 0 Å². The Hall–Kier alpha value is -0.970. The highest BCUT2D eigenvalue weighted by Crippen LogP contribution is 2.24. The minimum absolute atomic E-state index is 0.244. The Morgan fingerprint density at radius 2 is 2.15 bits per heavy atom. The zero-order valence-corrected chi connectivity index (χ0v) is 7.73. The Morgan fingerprint density at radius 1 is 1.46 bits per heavy atom. The fourth-order valence-electron chi connectivity index (χ4n) is 1.13. The van der Waals surface area contributed by atoms with Gasteiger partial charge in [-0.15, -0.1) is 0 Å². The molecule has 4 heteroatoms. The van der Waals surface area contributed by atoms with Crippen molar-refractivity contribution in [3.05, 3.63) is 30.1 Å². The van der Waals surface area contributed by atoms with Gasteiger partial charge in [0.2, 0.25) is 5.79 Å². The maximum absolute atomic E-state index is 9.15. The summed E-state index contributed by atoms with van der Waals surface area (Å²) >= 11 is 0. The van der Waals surface area contributed by atoms with E-state index in [1.165, 1.54) is 14.2 Å². The predicted octanol–water partition coefficient (Wildman–Crippen LogP) is 0.520. The van der Waals surface area contributed by atoms with Gasteiger partial charge in [0.05, 0.1) is 0 Å². The van der Waals surface area contributed by atoms with Crippen molar-refractivity contribution in [1.29, 1.82) is 0 Å². The molecule has 0 atom stereocenters. The third kappa shape index (κ3) is 1.85. The van der Waals surface area contributed by atoms with Crippen LogP contribution in [0.15, 0.2) is 24.5 Å². The van der Waals surface area contributed by atoms with Crippen LogP contribution in [0.3, 0.4) is 0 Å². The largest absolute Gasteiger partial charge is 0.390 e. The molecule has 0 bridgehead atoms. The lowest BCUT2D eigenvalue weighted by atomic mass is 10.1. The number of methoxy groups -OCH3 is 2. The van der Waals surface area contributed by atoms with E-state index in [4.69, 9.17) is 14.6 Å². The Balaban J connectivity index is 3.01. The fraction of sp³-hybridized carbons (Fsp3) is 0.444. The van der Waals surface area contributed by atoms with E-state index in [-0.39, 0.29) is 6.61 Å². The standard InChI is InChI=1S/C9H13NO3/c1-12-9(7-11,13-2)8-4-3-5-10-6-8/h3-6,11H,7H2,1-2H3. The number of nitrogens with zero attached hydrogens (tertiary/aromatic N) is 1. The van der Waals surface area contributed by atoms with Gasteiger partial charge in [0.25, 0.3) is 0 Å². The van der Waals surface area contributed by atoms with Gasteiger partial charge in [-0.1, -0.05) is 6.07 Å². The average Bonchev–Trinajstić information content (AvgIpc) is 2.23. The van der Waals surface area contributed by atoms with E-state index in [9.17, 15) is 0 Å². The van der Waals surface area contributed by atoms with E-state index in [1.54, 1.807) is 24.5 Å². The Morgan fingerprint density at radius 3 is 2.54 bits per heavy atom. The summed E-state index contributed by atoms with van der Waals surface area (Å²) in [5, 5.41) is 9.15. The molecule has 0 amide bonds. The molecule has 0 saturated heterocycles. The second-order valence-electron chi connectivity index (χ2n) is 2.56. The maximum atomic E-state index is 9.15. The van der Waals surface area contributed by atoms with Crippen molar-refractivity contribution in [1.82, 2.24) is 4.98 Å². The van der Waals surface area contributed by atoms with Crippen molar-refractivity contribution in [2.45, 2.75) is 5.79 Å².